The highest BCUT2D eigenvalue weighted by Gasteiger charge is 2.31. The van der Waals surface area contributed by atoms with E-state index in [0.29, 0.717) is 10.7 Å². The van der Waals surface area contributed by atoms with Crippen LogP contribution in [0.2, 0.25) is 5.02 Å². The van der Waals surface area contributed by atoms with Crippen molar-refractivity contribution >= 4 is 39.1 Å². The zero-order valence-corrected chi connectivity index (χ0v) is 22.4. The highest BCUT2D eigenvalue weighted by molar-refractivity contribution is 7.92. The summed E-state index contributed by atoms with van der Waals surface area (Å²) in [5.41, 5.74) is 2.61. The summed E-state index contributed by atoms with van der Waals surface area (Å²) in [6.07, 6.45) is 1.06. The zero-order valence-electron chi connectivity index (χ0n) is 20.8. The highest BCUT2D eigenvalue weighted by Crippen LogP contribution is 2.22. The fraction of sp³-hybridized carbons (Fsp3) is 0.440. The summed E-state index contributed by atoms with van der Waals surface area (Å²) in [6, 6.07) is 11.4. The molecule has 2 aromatic carbocycles. The van der Waals surface area contributed by atoms with E-state index in [2.05, 4.69) is 5.32 Å². The van der Waals surface area contributed by atoms with Gasteiger partial charge in [0.1, 0.15) is 12.6 Å². The second-order valence-corrected chi connectivity index (χ2v) is 11.9. The molecule has 7 nitrogen and oxygen atoms in total. The molecule has 1 atom stereocenters. The smallest absolute Gasteiger partial charge is 0.244 e. The number of hydrogen-bond donors (Lipinski definition) is 1. The number of carbonyl (C=O) groups is 2. The Kier molecular flexibility index (Phi) is 8.77. The summed E-state index contributed by atoms with van der Waals surface area (Å²) in [6.45, 7) is 10.7. The zero-order chi connectivity index (χ0) is 25.8. The molecule has 186 valence electrons. The van der Waals surface area contributed by atoms with Crippen molar-refractivity contribution in [2.24, 2.45) is 0 Å². The van der Waals surface area contributed by atoms with Crippen LogP contribution >= 0.6 is 11.6 Å². The van der Waals surface area contributed by atoms with Gasteiger partial charge in [-0.15, -0.1) is 0 Å². The number of nitrogens with one attached hydrogen (secondary N) is 1. The lowest BCUT2D eigenvalue weighted by atomic mass is 10.1. The van der Waals surface area contributed by atoms with Crippen molar-refractivity contribution in [2.75, 3.05) is 17.1 Å². The lowest BCUT2D eigenvalue weighted by Crippen LogP contribution is -2.54. The number of hydrogen-bond acceptors (Lipinski definition) is 4. The second kappa shape index (κ2) is 10.8. The van der Waals surface area contributed by atoms with E-state index in [1.165, 1.54) is 4.90 Å². The third kappa shape index (κ3) is 7.74. The number of nitrogens with zero attached hydrogens (tertiary/aromatic N) is 2. The topological polar surface area (TPSA) is 86.8 Å². The van der Waals surface area contributed by atoms with Gasteiger partial charge in [0.25, 0.3) is 0 Å². The molecule has 0 spiro atoms. The number of carbonyl (C=O) groups excluding carboxylic acids is 2. The van der Waals surface area contributed by atoms with Crippen molar-refractivity contribution in [3.63, 3.8) is 0 Å². The number of aryl methyl sites for hydroxylation is 2. The Labute approximate surface area is 208 Å². The summed E-state index contributed by atoms with van der Waals surface area (Å²) >= 11 is 5.99. The Morgan fingerprint density at radius 3 is 2.12 bits per heavy atom. The van der Waals surface area contributed by atoms with Crippen LogP contribution < -0.4 is 9.62 Å². The fourth-order valence-electron chi connectivity index (χ4n) is 3.34. The average Bonchev–Trinajstić information content (AvgIpc) is 2.71. The Bertz CT molecular complexity index is 1140. The van der Waals surface area contributed by atoms with Gasteiger partial charge in [0.05, 0.1) is 11.9 Å². The normalized spacial score (nSPS) is 12.7. The highest BCUT2D eigenvalue weighted by atomic mass is 35.5. The van der Waals surface area contributed by atoms with Crippen LogP contribution in [0.25, 0.3) is 0 Å². The van der Waals surface area contributed by atoms with Crippen molar-refractivity contribution in [3.8, 4) is 0 Å². The van der Waals surface area contributed by atoms with Crippen molar-refractivity contribution in [2.45, 2.75) is 59.7 Å². The molecule has 0 aromatic heterocycles. The van der Waals surface area contributed by atoms with Gasteiger partial charge in [-0.05, 0) is 82.5 Å². The van der Waals surface area contributed by atoms with Gasteiger partial charge in [-0.25, -0.2) is 8.42 Å². The summed E-state index contributed by atoms with van der Waals surface area (Å²) < 4.78 is 26.3. The third-order valence-electron chi connectivity index (χ3n) is 5.39. The van der Waals surface area contributed by atoms with Gasteiger partial charge in [-0.1, -0.05) is 29.8 Å². The van der Waals surface area contributed by atoms with Crippen molar-refractivity contribution in [3.05, 3.63) is 64.2 Å². The van der Waals surface area contributed by atoms with Crippen molar-refractivity contribution < 1.29 is 18.0 Å². The molecule has 2 rings (SSSR count). The minimum absolute atomic E-state index is 0.124. The van der Waals surface area contributed by atoms with Crippen LogP contribution in [0.4, 0.5) is 5.69 Å². The van der Waals surface area contributed by atoms with Gasteiger partial charge >= 0.3 is 0 Å². The average molecular weight is 508 g/mol. The molecule has 0 aliphatic heterocycles. The first-order valence-corrected chi connectivity index (χ1v) is 13.2. The number of rotatable bonds is 8. The van der Waals surface area contributed by atoms with Crippen LogP contribution in [0.1, 0.15) is 44.4 Å². The first kappa shape index (κ1) is 27.7. The molecule has 0 fully saturated rings. The van der Waals surface area contributed by atoms with E-state index >= 15 is 0 Å². The molecule has 0 heterocycles. The molecule has 2 amide bonds. The predicted molar refractivity (Wildman–Crippen MR) is 137 cm³/mol. The van der Waals surface area contributed by atoms with Crippen LogP contribution in [0.3, 0.4) is 0 Å². The van der Waals surface area contributed by atoms with Crippen LogP contribution in [0.5, 0.6) is 0 Å². The van der Waals surface area contributed by atoms with Crippen molar-refractivity contribution in [1.29, 1.82) is 0 Å². The first-order valence-electron chi connectivity index (χ1n) is 11.0. The van der Waals surface area contributed by atoms with Gasteiger partial charge in [-0.3, -0.25) is 13.9 Å². The van der Waals surface area contributed by atoms with Crippen LogP contribution in [-0.2, 0) is 26.2 Å². The standard InChI is InChI=1S/C25H34ClN3O4S/c1-17-8-13-22(14-18(17)2)29(34(7,32)33)16-23(30)28(15-20-9-11-21(26)12-10-20)19(3)24(31)27-25(4,5)6/h8-14,19H,15-16H2,1-7H3,(H,27,31). The quantitative estimate of drug-likeness (QED) is 0.583. The summed E-state index contributed by atoms with van der Waals surface area (Å²) in [7, 11) is -3.76. The molecule has 34 heavy (non-hydrogen) atoms. The maximum Gasteiger partial charge on any atom is 0.244 e. The van der Waals surface area contributed by atoms with Gasteiger partial charge in [-0.2, -0.15) is 0 Å². The van der Waals surface area contributed by atoms with E-state index in [4.69, 9.17) is 11.6 Å². The molecule has 1 unspecified atom stereocenters. The minimum Gasteiger partial charge on any atom is -0.350 e. The van der Waals surface area contributed by atoms with E-state index in [9.17, 15) is 18.0 Å². The lowest BCUT2D eigenvalue weighted by Gasteiger charge is -2.33. The molecule has 0 aliphatic carbocycles. The molecule has 2 aromatic rings. The largest absolute Gasteiger partial charge is 0.350 e. The molecule has 0 bridgehead atoms. The van der Waals surface area contributed by atoms with Gasteiger partial charge in [0.15, 0.2) is 0 Å². The molecule has 1 N–H and O–H groups in total. The Morgan fingerprint density at radius 1 is 1.03 bits per heavy atom. The van der Waals surface area contributed by atoms with E-state index < -0.39 is 34.1 Å². The van der Waals surface area contributed by atoms with Crippen LogP contribution in [0, 0.1) is 13.8 Å². The van der Waals surface area contributed by atoms with Gasteiger partial charge in [0, 0.05) is 17.1 Å². The fourth-order valence-corrected chi connectivity index (χ4v) is 4.31. The van der Waals surface area contributed by atoms with Crippen LogP contribution in [0.15, 0.2) is 42.5 Å². The molecule has 9 heteroatoms. The Balaban J connectivity index is 2.41. The van der Waals surface area contributed by atoms with Crippen molar-refractivity contribution in [1.82, 2.24) is 10.2 Å². The molecular formula is C25H34ClN3O4S. The molecular weight excluding hydrogens is 474 g/mol. The summed E-state index contributed by atoms with van der Waals surface area (Å²) in [4.78, 5) is 27.8. The Morgan fingerprint density at radius 2 is 1.62 bits per heavy atom. The van der Waals surface area contributed by atoms with Gasteiger partial charge in [0.2, 0.25) is 21.8 Å². The SMILES string of the molecule is Cc1ccc(N(CC(=O)N(Cc2ccc(Cl)cc2)C(C)C(=O)NC(C)(C)C)S(C)(=O)=O)cc1C. The first-order chi connectivity index (χ1) is 15.6. The third-order valence-corrected chi connectivity index (χ3v) is 6.78. The second-order valence-electron chi connectivity index (χ2n) is 9.60. The molecule has 0 radical (unpaired) electrons. The molecule has 0 aliphatic rings. The molecule has 0 saturated heterocycles. The van der Waals surface area contributed by atoms with E-state index in [1.54, 1.807) is 43.3 Å². The summed E-state index contributed by atoms with van der Waals surface area (Å²) in [5.74, 6) is -0.818. The number of benzene rings is 2. The van der Waals surface area contributed by atoms with E-state index in [1.807, 2.05) is 40.7 Å². The number of amides is 2. The number of halogens is 1. The summed E-state index contributed by atoms with van der Waals surface area (Å²) in [5, 5.41) is 3.45. The monoisotopic (exact) mass is 507 g/mol. The maximum absolute atomic E-state index is 13.5. The number of sulfonamides is 1. The van der Waals surface area contributed by atoms with Crippen LogP contribution in [-0.4, -0.2) is 49.5 Å². The van der Waals surface area contributed by atoms with Gasteiger partial charge < -0.3 is 10.2 Å². The molecule has 0 saturated carbocycles. The van der Waals surface area contributed by atoms with E-state index in [0.717, 1.165) is 27.3 Å². The van der Waals surface area contributed by atoms with E-state index in [-0.39, 0.29) is 12.5 Å². The number of anilines is 1. The predicted octanol–water partition coefficient (Wildman–Crippen LogP) is 4.05. The lowest BCUT2D eigenvalue weighted by molar-refractivity contribution is -0.140. The maximum atomic E-state index is 13.5. The Hall–Kier alpha value is -2.58. The minimum atomic E-state index is -3.76.